The summed E-state index contributed by atoms with van der Waals surface area (Å²) in [5.74, 6) is 0.116. The Labute approximate surface area is 211 Å². The second kappa shape index (κ2) is 12.5. The first-order valence-corrected chi connectivity index (χ1v) is 12.5. The van der Waals surface area contributed by atoms with Crippen molar-refractivity contribution in [3.05, 3.63) is 46.9 Å². The van der Waals surface area contributed by atoms with Crippen molar-refractivity contribution in [1.29, 1.82) is 0 Å². The lowest BCUT2D eigenvalue weighted by molar-refractivity contribution is -0.144. The largest absolute Gasteiger partial charge is 0.496 e. The summed E-state index contributed by atoms with van der Waals surface area (Å²) in [5, 5.41) is 10.8. The molecule has 0 radical (unpaired) electrons. The number of sulfonamides is 1. The minimum atomic E-state index is -4.04. The van der Waals surface area contributed by atoms with Crippen LogP contribution in [0.1, 0.15) is 30.4 Å². The van der Waals surface area contributed by atoms with Crippen LogP contribution in [0.5, 0.6) is 23.0 Å². The summed E-state index contributed by atoms with van der Waals surface area (Å²) in [6, 6.07) is 7.45. The van der Waals surface area contributed by atoms with Crippen LogP contribution in [-0.4, -0.2) is 54.5 Å². The van der Waals surface area contributed by atoms with E-state index in [2.05, 4.69) is 4.72 Å². The SMILES string of the molecule is COc1cc(OC)c(C=CS(=O)(=O)Nc2ccc(OC)c([C@](N)(CCCCN)C(=O)O)c2)c(OC)c1. The number of unbranched alkanes of at least 4 members (excludes halogenated alkanes) is 1. The summed E-state index contributed by atoms with van der Waals surface area (Å²) in [7, 11) is 1.70. The Hall–Kier alpha value is -3.48. The zero-order valence-electron chi connectivity index (χ0n) is 20.7. The van der Waals surface area contributed by atoms with Crippen molar-refractivity contribution in [2.75, 3.05) is 39.7 Å². The highest BCUT2D eigenvalue weighted by Crippen LogP contribution is 2.36. The van der Waals surface area contributed by atoms with Crippen LogP contribution in [0.3, 0.4) is 0 Å². The van der Waals surface area contributed by atoms with Gasteiger partial charge in [-0.25, -0.2) is 13.2 Å². The Morgan fingerprint density at radius 1 is 1.00 bits per heavy atom. The third-order valence-corrected chi connectivity index (χ3v) is 6.53. The zero-order valence-corrected chi connectivity index (χ0v) is 21.6. The molecule has 2 aromatic rings. The minimum absolute atomic E-state index is 0.0864. The highest BCUT2D eigenvalue weighted by Gasteiger charge is 2.38. The van der Waals surface area contributed by atoms with Gasteiger partial charge in [0.15, 0.2) is 0 Å². The first kappa shape index (κ1) is 28.8. The van der Waals surface area contributed by atoms with Gasteiger partial charge in [-0.05, 0) is 50.1 Å². The number of nitrogens with one attached hydrogen (secondary N) is 1. The van der Waals surface area contributed by atoms with E-state index in [1.807, 2.05) is 0 Å². The van der Waals surface area contributed by atoms with Crippen molar-refractivity contribution in [2.24, 2.45) is 11.5 Å². The quantitative estimate of drug-likeness (QED) is 0.269. The predicted molar refractivity (Wildman–Crippen MR) is 137 cm³/mol. The molecule has 0 heterocycles. The Morgan fingerprint density at radius 2 is 1.61 bits per heavy atom. The summed E-state index contributed by atoms with van der Waals surface area (Å²) in [6.07, 6.45) is 2.46. The van der Waals surface area contributed by atoms with Crippen LogP contribution in [0.15, 0.2) is 35.7 Å². The van der Waals surface area contributed by atoms with Crippen LogP contribution in [0.25, 0.3) is 6.08 Å². The standard InChI is InChI=1S/C24H33N3O8S/c1-32-17-14-21(34-3)18(22(15-17)35-4)9-12-36(30,31)27-16-7-8-20(33-2)19(13-16)24(26,23(28)29)10-5-6-11-25/h7-9,12-15,27H,5-6,10-11,25-26H2,1-4H3,(H,28,29)/t24-/m1/s1. The Kier molecular flexibility index (Phi) is 9.96. The summed E-state index contributed by atoms with van der Waals surface area (Å²) in [6.45, 7) is 0.392. The van der Waals surface area contributed by atoms with Crippen LogP contribution >= 0.6 is 0 Å². The maximum absolute atomic E-state index is 12.9. The molecule has 0 saturated heterocycles. The number of carboxylic acids is 1. The lowest BCUT2D eigenvalue weighted by Crippen LogP contribution is -2.45. The molecule has 0 aromatic heterocycles. The molecule has 2 rings (SSSR count). The van der Waals surface area contributed by atoms with Crippen molar-refractivity contribution >= 4 is 27.8 Å². The number of aliphatic carboxylic acids is 1. The average molecular weight is 524 g/mol. The molecule has 0 bridgehead atoms. The molecule has 0 aliphatic rings. The number of hydrogen-bond donors (Lipinski definition) is 4. The van der Waals surface area contributed by atoms with Crippen molar-refractivity contribution in [2.45, 2.75) is 24.8 Å². The van der Waals surface area contributed by atoms with Crippen LogP contribution in [0, 0.1) is 0 Å². The Bertz CT molecular complexity index is 1170. The number of rotatable bonds is 14. The highest BCUT2D eigenvalue weighted by molar-refractivity contribution is 7.95. The van der Waals surface area contributed by atoms with E-state index < -0.39 is 21.5 Å². The van der Waals surface area contributed by atoms with E-state index in [0.29, 0.717) is 42.2 Å². The summed E-state index contributed by atoms with van der Waals surface area (Å²) in [4.78, 5) is 12.1. The number of methoxy groups -OCH3 is 4. The van der Waals surface area contributed by atoms with Gasteiger partial charge >= 0.3 is 5.97 Å². The fourth-order valence-corrected chi connectivity index (χ4v) is 4.42. The van der Waals surface area contributed by atoms with Crippen molar-refractivity contribution in [1.82, 2.24) is 0 Å². The van der Waals surface area contributed by atoms with Crippen molar-refractivity contribution in [3.63, 3.8) is 0 Å². The van der Waals surface area contributed by atoms with Gasteiger partial charge in [-0.2, -0.15) is 0 Å². The first-order chi connectivity index (χ1) is 17.0. The second-order valence-corrected chi connectivity index (χ2v) is 9.40. The molecule has 11 nitrogen and oxygen atoms in total. The van der Waals surface area contributed by atoms with Crippen molar-refractivity contribution in [3.8, 4) is 23.0 Å². The normalized spacial score (nSPS) is 13.2. The molecule has 0 aliphatic heterocycles. The number of hydrogen-bond acceptors (Lipinski definition) is 9. The number of benzene rings is 2. The molecule has 36 heavy (non-hydrogen) atoms. The molecule has 0 fully saturated rings. The molecule has 0 unspecified atom stereocenters. The molecule has 2 aromatic carbocycles. The van der Waals surface area contributed by atoms with Gasteiger partial charge in [0.2, 0.25) is 0 Å². The van der Waals surface area contributed by atoms with E-state index in [1.165, 1.54) is 52.7 Å². The lowest BCUT2D eigenvalue weighted by atomic mass is 9.85. The smallest absolute Gasteiger partial charge is 0.328 e. The van der Waals surface area contributed by atoms with Gasteiger partial charge in [0.05, 0.1) is 39.4 Å². The van der Waals surface area contributed by atoms with E-state index >= 15 is 0 Å². The second-order valence-electron chi connectivity index (χ2n) is 7.83. The fraction of sp³-hybridized carbons (Fsp3) is 0.375. The van der Waals surface area contributed by atoms with Gasteiger partial charge in [-0.1, -0.05) is 0 Å². The van der Waals surface area contributed by atoms with Crippen LogP contribution in [-0.2, 0) is 20.4 Å². The minimum Gasteiger partial charge on any atom is -0.496 e. The summed E-state index contributed by atoms with van der Waals surface area (Å²) < 4.78 is 49.3. The number of anilines is 1. The molecule has 6 N–H and O–H groups in total. The van der Waals surface area contributed by atoms with Gasteiger partial charge in [0, 0.05) is 23.4 Å². The number of carboxylic acid groups (broad SMARTS) is 1. The lowest BCUT2D eigenvalue weighted by Gasteiger charge is -2.27. The molecular weight excluding hydrogens is 490 g/mol. The van der Waals surface area contributed by atoms with Gasteiger partial charge in [-0.15, -0.1) is 0 Å². The third-order valence-electron chi connectivity index (χ3n) is 5.51. The van der Waals surface area contributed by atoms with Crippen LogP contribution < -0.4 is 35.1 Å². The van der Waals surface area contributed by atoms with E-state index in [-0.39, 0.29) is 23.4 Å². The molecule has 0 spiro atoms. The fourth-order valence-electron chi connectivity index (χ4n) is 3.58. The topological polar surface area (TPSA) is 172 Å². The van der Waals surface area contributed by atoms with Gasteiger partial charge < -0.3 is 35.5 Å². The molecule has 12 heteroatoms. The van der Waals surface area contributed by atoms with E-state index in [1.54, 1.807) is 12.1 Å². The predicted octanol–water partition coefficient (Wildman–Crippen LogP) is 2.50. The van der Waals surface area contributed by atoms with E-state index in [4.69, 9.17) is 30.4 Å². The average Bonchev–Trinajstić information content (AvgIpc) is 2.86. The maximum Gasteiger partial charge on any atom is 0.328 e. The molecule has 0 saturated carbocycles. The third kappa shape index (κ3) is 6.80. The first-order valence-electron chi connectivity index (χ1n) is 11.0. The Balaban J connectivity index is 2.43. The van der Waals surface area contributed by atoms with Crippen LogP contribution in [0.2, 0.25) is 0 Å². The molecule has 198 valence electrons. The molecule has 0 aliphatic carbocycles. The maximum atomic E-state index is 12.9. The summed E-state index contributed by atoms with van der Waals surface area (Å²) in [5.41, 5.74) is 10.6. The molecule has 0 amide bonds. The van der Waals surface area contributed by atoms with Crippen molar-refractivity contribution < 1.29 is 37.3 Å². The van der Waals surface area contributed by atoms with Gasteiger partial charge in [0.25, 0.3) is 10.0 Å². The monoisotopic (exact) mass is 523 g/mol. The highest BCUT2D eigenvalue weighted by atomic mass is 32.2. The summed E-state index contributed by atoms with van der Waals surface area (Å²) >= 11 is 0. The molecular formula is C24H33N3O8S. The number of nitrogens with two attached hydrogens (primary N) is 2. The zero-order chi connectivity index (χ0) is 26.9. The molecule has 1 atom stereocenters. The van der Waals surface area contributed by atoms with Crippen LogP contribution in [0.4, 0.5) is 5.69 Å². The van der Waals surface area contributed by atoms with Gasteiger partial charge in [-0.3, -0.25) is 4.72 Å². The van der Waals surface area contributed by atoms with E-state index in [0.717, 1.165) is 5.41 Å². The number of carbonyl (C=O) groups is 1. The Morgan fingerprint density at radius 3 is 2.11 bits per heavy atom. The van der Waals surface area contributed by atoms with Gasteiger partial charge in [0.1, 0.15) is 28.5 Å². The number of ether oxygens (including phenoxy) is 4. The van der Waals surface area contributed by atoms with E-state index in [9.17, 15) is 18.3 Å².